The van der Waals surface area contributed by atoms with Crippen molar-refractivity contribution in [3.05, 3.63) is 35.4 Å². The smallest absolute Gasteiger partial charge is 0.231 e. The molecular weight excluding hydrogens is 416 g/mol. The Kier molecular flexibility index (Phi) is 8.30. The maximum Gasteiger partial charge on any atom is 0.231 e. The molecule has 2 aromatic carbocycles. The molecule has 1 aliphatic rings. The molecule has 1 heterocycles. The Morgan fingerprint density at radius 1 is 0.750 bits per heavy atom. The first-order chi connectivity index (χ1) is 15.5. The van der Waals surface area contributed by atoms with Crippen LogP contribution in [0.25, 0.3) is 0 Å². The van der Waals surface area contributed by atoms with Gasteiger partial charge in [-0.3, -0.25) is 0 Å². The lowest BCUT2D eigenvalue weighted by Crippen LogP contribution is -2.27. The standard InChI is InChI=1S/C24H32O8/c1-26-12-17(6-15-8-19(28-3)23(25)20(9-15)29-4)18(13-27-2)7-16-10-21(30-5)24-22(11-16)31-14-32-24/h8-11,17-18,25H,6-7,12-14H2,1-5H3. The predicted octanol–water partition coefficient (Wildman–Crippen LogP) is 3.46. The van der Waals surface area contributed by atoms with Crippen LogP contribution in [-0.2, 0) is 22.3 Å². The Labute approximate surface area is 188 Å². The molecule has 0 saturated heterocycles. The summed E-state index contributed by atoms with van der Waals surface area (Å²) in [6.07, 6.45) is 1.43. The van der Waals surface area contributed by atoms with Crippen molar-refractivity contribution in [1.29, 1.82) is 0 Å². The summed E-state index contributed by atoms with van der Waals surface area (Å²) in [7, 11) is 8.05. The van der Waals surface area contributed by atoms with E-state index >= 15 is 0 Å². The van der Waals surface area contributed by atoms with Crippen LogP contribution in [-0.4, -0.2) is 60.7 Å². The molecule has 2 unspecified atom stereocenters. The fraction of sp³-hybridized carbons (Fsp3) is 0.500. The normalized spacial score (nSPS) is 14.2. The van der Waals surface area contributed by atoms with Gasteiger partial charge in [0.25, 0.3) is 0 Å². The number of ether oxygens (including phenoxy) is 7. The molecule has 0 fully saturated rings. The average molecular weight is 449 g/mol. The van der Waals surface area contributed by atoms with E-state index in [9.17, 15) is 5.11 Å². The molecule has 0 amide bonds. The molecule has 0 radical (unpaired) electrons. The number of phenolic OH excluding ortho intramolecular Hbond substituents is 1. The van der Waals surface area contributed by atoms with Crippen molar-refractivity contribution in [2.24, 2.45) is 11.8 Å². The van der Waals surface area contributed by atoms with Crippen LogP contribution in [0.2, 0.25) is 0 Å². The predicted molar refractivity (Wildman–Crippen MR) is 118 cm³/mol. The number of hydrogen-bond donors (Lipinski definition) is 1. The molecule has 0 spiro atoms. The zero-order valence-corrected chi connectivity index (χ0v) is 19.3. The summed E-state index contributed by atoms with van der Waals surface area (Å²) in [6, 6.07) is 7.62. The number of hydrogen-bond acceptors (Lipinski definition) is 8. The topological polar surface area (TPSA) is 84.8 Å². The van der Waals surface area contributed by atoms with Crippen LogP contribution in [0.15, 0.2) is 24.3 Å². The van der Waals surface area contributed by atoms with Gasteiger partial charge in [-0.05, 0) is 60.1 Å². The minimum absolute atomic E-state index is 0.0112. The fourth-order valence-electron chi connectivity index (χ4n) is 4.12. The second kappa shape index (κ2) is 11.2. The molecular formula is C24H32O8. The SMILES string of the molecule is COCC(Cc1cc(OC)c(O)c(OC)c1)C(COC)Cc1cc(OC)c2c(c1)OCO2. The van der Waals surface area contributed by atoms with E-state index in [-0.39, 0.29) is 24.4 Å². The van der Waals surface area contributed by atoms with Gasteiger partial charge in [-0.15, -0.1) is 0 Å². The number of aromatic hydroxyl groups is 1. The van der Waals surface area contributed by atoms with Gasteiger partial charge in [0.15, 0.2) is 23.0 Å². The van der Waals surface area contributed by atoms with Crippen molar-refractivity contribution >= 4 is 0 Å². The lowest BCUT2D eigenvalue weighted by atomic mass is 9.83. The summed E-state index contributed by atoms with van der Waals surface area (Å²) in [5.41, 5.74) is 2.04. The Morgan fingerprint density at radius 3 is 1.75 bits per heavy atom. The second-order valence-corrected chi connectivity index (χ2v) is 7.72. The first-order valence-electron chi connectivity index (χ1n) is 10.4. The van der Waals surface area contributed by atoms with E-state index < -0.39 is 0 Å². The van der Waals surface area contributed by atoms with Crippen molar-refractivity contribution in [3.63, 3.8) is 0 Å². The highest BCUT2D eigenvalue weighted by Gasteiger charge is 2.26. The Morgan fingerprint density at radius 2 is 1.25 bits per heavy atom. The van der Waals surface area contributed by atoms with E-state index in [4.69, 9.17) is 33.2 Å². The molecule has 3 rings (SSSR count). The van der Waals surface area contributed by atoms with Crippen LogP contribution in [0.3, 0.4) is 0 Å². The van der Waals surface area contributed by atoms with Gasteiger partial charge in [0.1, 0.15) is 0 Å². The molecule has 8 heteroatoms. The fourth-order valence-corrected chi connectivity index (χ4v) is 4.12. The Bertz CT molecular complexity index is 848. The summed E-state index contributed by atoms with van der Waals surface area (Å²) >= 11 is 0. The largest absolute Gasteiger partial charge is 0.502 e. The van der Waals surface area contributed by atoms with Crippen LogP contribution < -0.4 is 23.7 Å². The van der Waals surface area contributed by atoms with E-state index in [0.29, 0.717) is 48.4 Å². The van der Waals surface area contributed by atoms with E-state index in [0.717, 1.165) is 17.5 Å². The zero-order valence-electron chi connectivity index (χ0n) is 19.3. The van der Waals surface area contributed by atoms with Gasteiger partial charge in [0.05, 0.1) is 21.3 Å². The Hall–Kier alpha value is -2.84. The summed E-state index contributed by atoms with van der Waals surface area (Å²) in [5, 5.41) is 10.2. The first-order valence-corrected chi connectivity index (χ1v) is 10.4. The third kappa shape index (κ3) is 5.31. The average Bonchev–Trinajstić information content (AvgIpc) is 3.27. The van der Waals surface area contributed by atoms with Gasteiger partial charge in [-0.1, -0.05) is 0 Å². The first kappa shape index (κ1) is 23.8. The second-order valence-electron chi connectivity index (χ2n) is 7.72. The molecule has 176 valence electrons. The molecule has 32 heavy (non-hydrogen) atoms. The minimum Gasteiger partial charge on any atom is -0.502 e. The lowest BCUT2D eigenvalue weighted by Gasteiger charge is -2.27. The number of rotatable bonds is 12. The molecule has 0 saturated carbocycles. The third-order valence-electron chi connectivity index (χ3n) is 5.68. The highest BCUT2D eigenvalue weighted by molar-refractivity contribution is 5.55. The van der Waals surface area contributed by atoms with Crippen molar-refractivity contribution in [3.8, 4) is 34.5 Å². The molecule has 1 N–H and O–H groups in total. The van der Waals surface area contributed by atoms with Gasteiger partial charge in [-0.2, -0.15) is 0 Å². The molecule has 2 aromatic rings. The van der Waals surface area contributed by atoms with Gasteiger partial charge in [-0.25, -0.2) is 0 Å². The van der Waals surface area contributed by atoms with Gasteiger partial charge >= 0.3 is 0 Å². The molecule has 1 aliphatic heterocycles. The summed E-state index contributed by atoms with van der Waals surface area (Å²) in [4.78, 5) is 0. The highest BCUT2D eigenvalue weighted by atomic mass is 16.7. The number of benzene rings is 2. The quantitative estimate of drug-likeness (QED) is 0.529. The number of fused-ring (bicyclic) bond motifs is 1. The van der Waals surface area contributed by atoms with Crippen LogP contribution in [0.4, 0.5) is 0 Å². The van der Waals surface area contributed by atoms with E-state index in [1.54, 1.807) is 21.3 Å². The van der Waals surface area contributed by atoms with Crippen LogP contribution >= 0.6 is 0 Å². The minimum atomic E-state index is -0.0112. The summed E-state index contributed by atoms with van der Waals surface area (Å²) in [5.74, 6) is 3.00. The maximum absolute atomic E-state index is 10.2. The molecule has 8 nitrogen and oxygen atoms in total. The molecule has 0 aliphatic carbocycles. The maximum atomic E-state index is 10.2. The Balaban J connectivity index is 1.87. The van der Waals surface area contributed by atoms with Crippen LogP contribution in [0.5, 0.6) is 34.5 Å². The zero-order chi connectivity index (χ0) is 23.1. The van der Waals surface area contributed by atoms with Gasteiger partial charge in [0.2, 0.25) is 18.3 Å². The summed E-state index contributed by atoms with van der Waals surface area (Å²) in [6.45, 7) is 1.28. The van der Waals surface area contributed by atoms with Crippen molar-refractivity contribution < 1.29 is 38.3 Å². The van der Waals surface area contributed by atoms with Crippen LogP contribution in [0, 0.1) is 11.8 Å². The molecule has 2 atom stereocenters. The van der Waals surface area contributed by atoms with Crippen LogP contribution in [0.1, 0.15) is 11.1 Å². The monoisotopic (exact) mass is 448 g/mol. The molecule has 0 bridgehead atoms. The third-order valence-corrected chi connectivity index (χ3v) is 5.68. The molecule has 0 aromatic heterocycles. The van der Waals surface area contributed by atoms with E-state index in [1.165, 1.54) is 14.2 Å². The van der Waals surface area contributed by atoms with Gasteiger partial charge < -0.3 is 38.3 Å². The van der Waals surface area contributed by atoms with E-state index in [2.05, 4.69) is 0 Å². The summed E-state index contributed by atoms with van der Waals surface area (Å²) < 4.78 is 38.3. The number of phenols is 1. The van der Waals surface area contributed by atoms with Crippen molar-refractivity contribution in [2.45, 2.75) is 12.8 Å². The van der Waals surface area contributed by atoms with Crippen molar-refractivity contribution in [1.82, 2.24) is 0 Å². The van der Waals surface area contributed by atoms with Gasteiger partial charge in [0, 0.05) is 27.4 Å². The van der Waals surface area contributed by atoms with E-state index in [1.807, 2.05) is 24.3 Å². The lowest BCUT2D eigenvalue weighted by molar-refractivity contribution is 0.0696. The number of methoxy groups -OCH3 is 5. The van der Waals surface area contributed by atoms with Crippen molar-refractivity contribution in [2.75, 3.05) is 55.6 Å². The highest BCUT2D eigenvalue weighted by Crippen LogP contribution is 2.43.